The highest BCUT2D eigenvalue weighted by Crippen LogP contribution is 2.34. The van der Waals surface area contributed by atoms with Gasteiger partial charge in [-0.2, -0.15) is 0 Å². The van der Waals surface area contributed by atoms with Crippen molar-refractivity contribution in [1.29, 1.82) is 0 Å². The SMILES string of the molecule is COc1cc(CNCCc2ccco2)c(SC)cc1OC. The van der Waals surface area contributed by atoms with Gasteiger partial charge < -0.3 is 19.2 Å². The van der Waals surface area contributed by atoms with Crippen LogP contribution >= 0.6 is 11.8 Å². The minimum absolute atomic E-state index is 0.762. The summed E-state index contributed by atoms with van der Waals surface area (Å²) in [5.41, 5.74) is 1.21. The third kappa shape index (κ3) is 4.19. The van der Waals surface area contributed by atoms with E-state index in [1.165, 1.54) is 10.5 Å². The van der Waals surface area contributed by atoms with E-state index in [1.54, 1.807) is 32.2 Å². The van der Waals surface area contributed by atoms with Gasteiger partial charge in [0.2, 0.25) is 0 Å². The van der Waals surface area contributed by atoms with Crippen molar-refractivity contribution < 1.29 is 13.9 Å². The van der Waals surface area contributed by atoms with Crippen molar-refractivity contribution in [3.05, 3.63) is 41.9 Å². The molecule has 114 valence electrons. The zero-order valence-electron chi connectivity index (χ0n) is 12.6. The van der Waals surface area contributed by atoms with Gasteiger partial charge in [-0.1, -0.05) is 0 Å². The summed E-state index contributed by atoms with van der Waals surface area (Å²) in [6.07, 6.45) is 4.65. The number of methoxy groups -OCH3 is 2. The summed E-state index contributed by atoms with van der Waals surface area (Å²) in [6.45, 7) is 1.66. The molecular formula is C16H21NO3S. The molecular weight excluding hydrogens is 286 g/mol. The molecule has 1 N–H and O–H groups in total. The minimum Gasteiger partial charge on any atom is -0.493 e. The molecule has 0 atom stereocenters. The van der Waals surface area contributed by atoms with Gasteiger partial charge in [-0.05, 0) is 36.1 Å². The molecule has 4 nitrogen and oxygen atoms in total. The van der Waals surface area contributed by atoms with Crippen molar-refractivity contribution in [2.24, 2.45) is 0 Å². The molecule has 1 aromatic heterocycles. The predicted octanol–water partition coefficient (Wildman–Crippen LogP) is 3.35. The van der Waals surface area contributed by atoms with Gasteiger partial charge >= 0.3 is 0 Å². The molecule has 1 aromatic carbocycles. The van der Waals surface area contributed by atoms with Crippen molar-refractivity contribution in [3.63, 3.8) is 0 Å². The van der Waals surface area contributed by atoms with Crippen molar-refractivity contribution in [1.82, 2.24) is 5.32 Å². The molecule has 5 heteroatoms. The summed E-state index contributed by atoms with van der Waals surface area (Å²) in [5.74, 6) is 2.53. The Morgan fingerprint density at radius 1 is 1.19 bits per heavy atom. The van der Waals surface area contributed by atoms with Crippen LogP contribution in [0.2, 0.25) is 0 Å². The summed E-state index contributed by atoms with van der Waals surface area (Å²) in [6, 6.07) is 7.96. The van der Waals surface area contributed by atoms with Crippen LogP contribution in [0.4, 0.5) is 0 Å². The lowest BCUT2D eigenvalue weighted by atomic mass is 10.2. The van der Waals surface area contributed by atoms with E-state index in [0.717, 1.165) is 36.8 Å². The summed E-state index contributed by atoms with van der Waals surface area (Å²) in [4.78, 5) is 1.19. The number of furan rings is 1. The lowest BCUT2D eigenvalue weighted by Crippen LogP contribution is -2.17. The molecule has 2 aromatic rings. The maximum Gasteiger partial charge on any atom is 0.161 e. The number of hydrogen-bond acceptors (Lipinski definition) is 5. The number of benzene rings is 1. The van der Waals surface area contributed by atoms with Gasteiger partial charge in [0.1, 0.15) is 5.76 Å². The zero-order valence-corrected chi connectivity index (χ0v) is 13.5. The predicted molar refractivity (Wildman–Crippen MR) is 85.4 cm³/mol. The van der Waals surface area contributed by atoms with E-state index in [1.807, 2.05) is 24.3 Å². The number of hydrogen-bond donors (Lipinski definition) is 1. The van der Waals surface area contributed by atoms with E-state index in [-0.39, 0.29) is 0 Å². The van der Waals surface area contributed by atoms with Gasteiger partial charge in [-0.3, -0.25) is 0 Å². The Morgan fingerprint density at radius 3 is 2.57 bits per heavy atom. The van der Waals surface area contributed by atoms with Crippen molar-refractivity contribution in [2.45, 2.75) is 17.9 Å². The monoisotopic (exact) mass is 307 g/mol. The van der Waals surface area contributed by atoms with Gasteiger partial charge in [-0.25, -0.2) is 0 Å². The van der Waals surface area contributed by atoms with Gasteiger partial charge in [0.05, 0.1) is 20.5 Å². The first-order valence-electron chi connectivity index (χ1n) is 6.80. The van der Waals surface area contributed by atoms with Gasteiger partial charge in [0.25, 0.3) is 0 Å². The van der Waals surface area contributed by atoms with Crippen LogP contribution in [-0.4, -0.2) is 27.0 Å². The molecule has 0 bridgehead atoms. The van der Waals surface area contributed by atoms with Crippen LogP contribution in [0, 0.1) is 0 Å². The molecule has 0 aliphatic heterocycles. The average Bonchev–Trinajstić information content (AvgIpc) is 3.04. The second-order valence-electron chi connectivity index (χ2n) is 4.53. The van der Waals surface area contributed by atoms with E-state index in [0.29, 0.717) is 0 Å². The van der Waals surface area contributed by atoms with E-state index < -0.39 is 0 Å². The van der Waals surface area contributed by atoms with Crippen LogP contribution in [0.25, 0.3) is 0 Å². The van der Waals surface area contributed by atoms with Crippen LogP contribution in [0.5, 0.6) is 11.5 Å². The molecule has 0 saturated heterocycles. The molecule has 0 unspecified atom stereocenters. The second kappa shape index (κ2) is 8.00. The standard InChI is InChI=1S/C16H21NO3S/c1-18-14-9-12(16(21-3)10-15(14)19-2)11-17-7-6-13-5-4-8-20-13/h4-5,8-10,17H,6-7,11H2,1-3H3. The third-order valence-corrected chi connectivity index (χ3v) is 4.05. The normalized spacial score (nSPS) is 10.6. The summed E-state index contributed by atoms with van der Waals surface area (Å²) >= 11 is 1.71. The molecule has 0 spiro atoms. The second-order valence-corrected chi connectivity index (χ2v) is 5.37. The lowest BCUT2D eigenvalue weighted by molar-refractivity contribution is 0.353. The van der Waals surface area contributed by atoms with Gasteiger partial charge in [-0.15, -0.1) is 11.8 Å². The Morgan fingerprint density at radius 2 is 1.95 bits per heavy atom. The zero-order chi connectivity index (χ0) is 15.1. The summed E-state index contributed by atoms with van der Waals surface area (Å²) < 4.78 is 16.0. The summed E-state index contributed by atoms with van der Waals surface area (Å²) in [7, 11) is 3.31. The fraction of sp³-hybridized carbons (Fsp3) is 0.375. The first-order valence-corrected chi connectivity index (χ1v) is 8.03. The van der Waals surface area contributed by atoms with E-state index in [4.69, 9.17) is 13.9 Å². The Balaban J connectivity index is 1.97. The van der Waals surface area contributed by atoms with Gasteiger partial charge in [0, 0.05) is 24.4 Å². The first-order chi connectivity index (χ1) is 10.3. The molecule has 21 heavy (non-hydrogen) atoms. The third-order valence-electron chi connectivity index (χ3n) is 3.23. The molecule has 0 radical (unpaired) electrons. The van der Waals surface area contributed by atoms with Crippen LogP contribution in [0.3, 0.4) is 0 Å². The average molecular weight is 307 g/mol. The van der Waals surface area contributed by atoms with Crippen molar-refractivity contribution in [3.8, 4) is 11.5 Å². The molecule has 0 saturated carbocycles. The largest absolute Gasteiger partial charge is 0.493 e. The first kappa shape index (κ1) is 15.8. The Bertz CT molecular complexity index is 555. The fourth-order valence-electron chi connectivity index (χ4n) is 2.12. The maximum atomic E-state index is 5.36. The topological polar surface area (TPSA) is 43.6 Å². The number of ether oxygens (including phenoxy) is 2. The molecule has 1 heterocycles. The Hall–Kier alpha value is -1.59. The molecule has 0 aliphatic rings. The minimum atomic E-state index is 0.762. The quantitative estimate of drug-likeness (QED) is 0.598. The molecule has 2 rings (SSSR count). The van der Waals surface area contributed by atoms with Crippen LogP contribution in [0.15, 0.2) is 39.8 Å². The molecule has 0 fully saturated rings. The Kier molecular flexibility index (Phi) is 6.02. The number of rotatable bonds is 8. The fourth-order valence-corrected chi connectivity index (χ4v) is 2.74. The molecule has 0 aliphatic carbocycles. The highest BCUT2D eigenvalue weighted by atomic mass is 32.2. The van der Waals surface area contributed by atoms with E-state index in [2.05, 4.69) is 11.6 Å². The highest BCUT2D eigenvalue weighted by molar-refractivity contribution is 7.98. The Labute approximate surface area is 129 Å². The highest BCUT2D eigenvalue weighted by Gasteiger charge is 2.10. The number of thioether (sulfide) groups is 1. The smallest absolute Gasteiger partial charge is 0.161 e. The van der Waals surface area contributed by atoms with Crippen LogP contribution in [-0.2, 0) is 13.0 Å². The summed E-state index contributed by atoms with van der Waals surface area (Å²) in [5, 5.41) is 3.43. The van der Waals surface area contributed by atoms with Crippen LogP contribution in [0.1, 0.15) is 11.3 Å². The van der Waals surface area contributed by atoms with Gasteiger partial charge in [0.15, 0.2) is 11.5 Å². The van der Waals surface area contributed by atoms with Crippen LogP contribution < -0.4 is 14.8 Å². The number of nitrogens with one attached hydrogen (secondary N) is 1. The van der Waals surface area contributed by atoms with E-state index in [9.17, 15) is 0 Å². The lowest BCUT2D eigenvalue weighted by Gasteiger charge is -2.14. The molecule has 0 amide bonds. The maximum absolute atomic E-state index is 5.36. The van der Waals surface area contributed by atoms with Crippen molar-refractivity contribution in [2.75, 3.05) is 27.0 Å². The van der Waals surface area contributed by atoms with E-state index >= 15 is 0 Å². The van der Waals surface area contributed by atoms with Crippen molar-refractivity contribution >= 4 is 11.8 Å².